The molecule has 2 rings (SSSR count). The van der Waals surface area contributed by atoms with Crippen LogP contribution in [0.3, 0.4) is 0 Å². The summed E-state index contributed by atoms with van der Waals surface area (Å²) in [5.41, 5.74) is 5.93. The Morgan fingerprint density at radius 3 is 1.34 bits per heavy atom. The van der Waals surface area contributed by atoms with Crippen molar-refractivity contribution >= 4 is 19.5 Å². The van der Waals surface area contributed by atoms with Gasteiger partial charge in [0.15, 0.2) is 0 Å². The summed E-state index contributed by atoms with van der Waals surface area (Å²) in [5, 5.41) is 0. The Bertz CT molecular complexity index is 711. The molecule has 0 saturated carbocycles. The number of hydrogen-bond acceptors (Lipinski definition) is 2. The lowest BCUT2D eigenvalue weighted by molar-refractivity contribution is 0.567. The Kier molecular flexibility index (Phi) is 13.5. The second-order valence-electron chi connectivity index (χ2n) is 8.90. The fourth-order valence-electron chi connectivity index (χ4n) is 4.49. The Balaban J connectivity index is 1.72. The molecule has 0 spiro atoms. The van der Waals surface area contributed by atoms with Gasteiger partial charge in [-0.15, -0.1) is 0 Å². The minimum atomic E-state index is -0.490. The summed E-state index contributed by atoms with van der Waals surface area (Å²) in [5.74, 6) is 2.36. The first-order valence-electron chi connectivity index (χ1n) is 13.2. The fourth-order valence-corrected chi connectivity index (χ4v) is 6.87. The quantitative estimate of drug-likeness (QED) is 0.188. The van der Waals surface area contributed by atoms with E-state index in [4.69, 9.17) is 8.85 Å². The summed E-state index contributed by atoms with van der Waals surface area (Å²) in [4.78, 5) is 0. The fraction of sp³-hybridized carbons (Fsp3) is 0.571. The topological polar surface area (TPSA) is 18.5 Å². The number of aryl methyl sites for hydroxylation is 2. The molecular formula is C28H46O2Si2. The van der Waals surface area contributed by atoms with Gasteiger partial charge >= 0.3 is 0 Å². The molecule has 0 fully saturated rings. The van der Waals surface area contributed by atoms with Gasteiger partial charge in [0, 0.05) is 0 Å². The van der Waals surface area contributed by atoms with Gasteiger partial charge in [0.2, 0.25) is 19.5 Å². The summed E-state index contributed by atoms with van der Waals surface area (Å²) in [6.07, 6.45) is 12.0. The molecule has 4 heteroatoms. The maximum absolute atomic E-state index is 6.35. The molecular weight excluding hydrogens is 424 g/mol. The van der Waals surface area contributed by atoms with Crippen molar-refractivity contribution in [1.82, 2.24) is 0 Å². The lowest BCUT2D eigenvalue weighted by Gasteiger charge is -2.16. The van der Waals surface area contributed by atoms with Crippen LogP contribution in [0, 0.1) is 0 Å². The monoisotopic (exact) mass is 470 g/mol. The summed E-state index contributed by atoms with van der Waals surface area (Å²) >= 11 is 0. The number of hydrogen-bond donors (Lipinski definition) is 0. The molecule has 2 aromatic carbocycles. The van der Waals surface area contributed by atoms with Crippen LogP contribution < -0.4 is 8.85 Å². The molecule has 32 heavy (non-hydrogen) atoms. The molecule has 0 radical (unpaired) electrons. The van der Waals surface area contributed by atoms with E-state index in [0.717, 1.165) is 12.8 Å². The van der Waals surface area contributed by atoms with Crippen LogP contribution in [0.15, 0.2) is 36.4 Å². The molecule has 0 aliphatic rings. The van der Waals surface area contributed by atoms with Gasteiger partial charge in [0.25, 0.3) is 0 Å². The van der Waals surface area contributed by atoms with Gasteiger partial charge in [0.1, 0.15) is 11.5 Å². The van der Waals surface area contributed by atoms with Gasteiger partial charge in [-0.1, -0.05) is 90.5 Å². The first-order chi connectivity index (χ1) is 15.7. The zero-order chi connectivity index (χ0) is 23.0. The highest BCUT2D eigenvalue weighted by molar-refractivity contribution is 6.29. The van der Waals surface area contributed by atoms with Crippen molar-refractivity contribution < 1.29 is 8.85 Å². The molecule has 0 unspecified atom stereocenters. The summed E-state index contributed by atoms with van der Waals surface area (Å²) in [6, 6.07) is 15.9. The van der Waals surface area contributed by atoms with E-state index in [9.17, 15) is 0 Å². The number of benzene rings is 2. The van der Waals surface area contributed by atoms with E-state index in [0.29, 0.717) is 0 Å². The van der Waals surface area contributed by atoms with Crippen LogP contribution in [0.5, 0.6) is 11.5 Å². The van der Waals surface area contributed by atoms with Crippen LogP contribution in [0.2, 0.25) is 12.1 Å². The first kappa shape index (κ1) is 26.7. The normalized spacial score (nSPS) is 11.8. The van der Waals surface area contributed by atoms with Gasteiger partial charge in [-0.3, -0.25) is 0 Å². The predicted molar refractivity (Wildman–Crippen MR) is 146 cm³/mol. The number of rotatable bonds is 17. The van der Waals surface area contributed by atoms with Crippen molar-refractivity contribution in [2.75, 3.05) is 0 Å². The lowest BCUT2D eigenvalue weighted by Crippen LogP contribution is -2.07. The van der Waals surface area contributed by atoms with Gasteiger partial charge in [0.05, 0.1) is 0 Å². The van der Waals surface area contributed by atoms with E-state index in [1.807, 2.05) is 0 Å². The largest absolute Gasteiger partial charge is 0.549 e. The van der Waals surface area contributed by atoms with Crippen molar-refractivity contribution in [2.45, 2.75) is 104 Å². The molecule has 2 nitrogen and oxygen atoms in total. The van der Waals surface area contributed by atoms with Crippen LogP contribution in [0.4, 0.5) is 0 Å². The molecule has 178 valence electrons. The Labute approximate surface area is 202 Å². The van der Waals surface area contributed by atoms with Gasteiger partial charge in [-0.25, -0.2) is 0 Å². The smallest absolute Gasteiger partial charge is 0.219 e. The molecule has 0 aromatic heterocycles. The van der Waals surface area contributed by atoms with Gasteiger partial charge < -0.3 is 8.85 Å². The van der Waals surface area contributed by atoms with Crippen molar-refractivity contribution in [1.29, 1.82) is 0 Å². The van der Waals surface area contributed by atoms with E-state index >= 15 is 0 Å². The van der Waals surface area contributed by atoms with E-state index in [1.54, 1.807) is 0 Å². The van der Waals surface area contributed by atoms with Gasteiger partial charge in [-0.2, -0.15) is 0 Å². The second kappa shape index (κ2) is 16.1. The predicted octanol–water partition coefficient (Wildman–Crippen LogP) is 6.74. The Morgan fingerprint density at radius 2 is 0.969 bits per heavy atom. The average Bonchev–Trinajstić information content (AvgIpc) is 2.79. The summed E-state index contributed by atoms with van der Waals surface area (Å²) in [6.45, 7) is 9.05. The summed E-state index contributed by atoms with van der Waals surface area (Å²) < 4.78 is 12.7. The zero-order valence-electron chi connectivity index (χ0n) is 21.2. The molecule has 0 bridgehead atoms. The van der Waals surface area contributed by atoms with Crippen LogP contribution in [0.25, 0.3) is 0 Å². The van der Waals surface area contributed by atoms with Crippen molar-refractivity contribution in [3.8, 4) is 11.5 Å². The Morgan fingerprint density at radius 1 is 0.562 bits per heavy atom. The standard InChI is InChI=1S/C28H46O2Si2/c1-5-13-23-17-11-19-27(25(23)15-7-3)29-31-21-9-10-22-32-30-28-20-12-18-24(14-6-2)26(28)16-8-4/h11-12,17-20H,5-10,13-16,21-22,31-32H2,1-4H3. The molecule has 2 aromatic rings. The lowest BCUT2D eigenvalue weighted by atomic mass is 9.99. The van der Waals surface area contributed by atoms with Crippen molar-refractivity contribution in [3.63, 3.8) is 0 Å². The van der Waals surface area contributed by atoms with Crippen molar-refractivity contribution in [3.05, 3.63) is 58.7 Å². The molecule has 0 aliphatic heterocycles. The third-order valence-corrected chi connectivity index (χ3v) is 8.66. The second-order valence-corrected chi connectivity index (χ2v) is 11.7. The third kappa shape index (κ3) is 8.78. The molecule has 0 N–H and O–H groups in total. The highest BCUT2D eigenvalue weighted by Gasteiger charge is 2.09. The average molecular weight is 471 g/mol. The molecule has 0 aliphatic carbocycles. The first-order valence-corrected chi connectivity index (χ1v) is 16.4. The maximum atomic E-state index is 6.35. The zero-order valence-corrected chi connectivity index (χ0v) is 24.0. The molecule has 0 atom stereocenters. The molecule has 0 amide bonds. The van der Waals surface area contributed by atoms with E-state index in [-0.39, 0.29) is 0 Å². The van der Waals surface area contributed by atoms with Crippen LogP contribution >= 0.6 is 0 Å². The van der Waals surface area contributed by atoms with Crippen LogP contribution in [0.1, 0.15) is 88.5 Å². The van der Waals surface area contributed by atoms with Crippen LogP contribution in [-0.2, 0) is 25.7 Å². The van der Waals surface area contributed by atoms with Gasteiger partial charge in [-0.05, 0) is 72.2 Å². The minimum Gasteiger partial charge on any atom is -0.549 e. The van der Waals surface area contributed by atoms with Crippen molar-refractivity contribution in [2.24, 2.45) is 0 Å². The highest BCUT2D eigenvalue weighted by atomic mass is 28.2. The maximum Gasteiger partial charge on any atom is 0.219 e. The molecule has 0 saturated heterocycles. The van der Waals surface area contributed by atoms with E-state index in [2.05, 4.69) is 64.1 Å². The SMILES string of the molecule is CCCc1cccc(O[SiH2]CCCC[SiH2]Oc2cccc(CCC)c2CCC)c1CCC. The van der Waals surface area contributed by atoms with E-state index < -0.39 is 19.5 Å². The highest BCUT2D eigenvalue weighted by Crippen LogP contribution is 2.26. The third-order valence-electron chi connectivity index (χ3n) is 6.05. The minimum absolute atomic E-state index is 0.490. The van der Waals surface area contributed by atoms with E-state index in [1.165, 1.54) is 97.2 Å². The Hall–Kier alpha value is -1.53. The number of unbranched alkanes of at least 4 members (excludes halogenated alkanes) is 1. The van der Waals surface area contributed by atoms with Crippen LogP contribution in [-0.4, -0.2) is 19.5 Å². The molecule has 0 heterocycles. The summed E-state index contributed by atoms with van der Waals surface area (Å²) in [7, 11) is -0.981.